The number of hydrogen-bond acceptors (Lipinski definition) is 5. The number of carbonyl (C=O) groups excluding carboxylic acids is 1. The lowest BCUT2D eigenvalue weighted by molar-refractivity contribution is -0.128. The van der Waals surface area contributed by atoms with E-state index in [0.29, 0.717) is 37.9 Å². The Kier molecular flexibility index (Phi) is 4.91. The lowest BCUT2D eigenvalue weighted by atomic mass is 10.1. The van der Waals surface area contributed by atoms with Crippen molar-refractivity contribution in [1.82, 2.24) is 25.0 Å². The van der Waals surface area contributed by atoms with Gasteiger partial charge in [-0.2, -0.15) is 5.10 Å². The molecule has 0 aliphatic carbocycles. The second-order valence-corrected chi connectivity index (χ2v) is 5.22. The van der Waals surface area contributed by atoms with Gasteiger partial charge in [0.1, 0.15) is 5.82 Å². The fourth-order valence-electron chi connectivity index (χ4n) is 2.53. The molecule has 0 bridgehead atoms. The quantitative estimate of drug-likeness (QED) is 0.671. The lowest BCUT2D eigenvalue weighted by Gasteiger charge is -2.20. The van der Waals surface area contributed by atoms with Crippen LogP contribution < -0.4 is 5.69 Å². The highest BCUT2D eigenvalue weighted by molar-refractivity contribution is 5.78. The highest BCUT2D eigenvalue weighted by Crippen LogP contribution is 2.18. The zero-order chi connectivity index (χ0) is 14.5. The summed E-state index contributed by atoms with van der Waals surface area (Å²) in [5, 5.41) is 6.21. The van der Waals surface area contributed by atoms with Crippen LogP contribution >= 0.6 is 0 Å². The average molecular weight is 283 g/mol. The maximum atomic E-state index is 11.8. The molecule has 1 aromatic rings. The van der Waals surface area contributed by atoms with Gasteiger partial charge in [-0.15, -0.1) is 0 Å². The summed E-state index contributed by atoms with van der Waals surface area (Å²) in [7, 11) is 3.59. The third-order valence-corrected chi connectivity index (χ3v) is 3.40. The van der Waals surface area contributed by atoms with E-state index in [1.807, 2.05) is 11.9 Å². The molecule has 8 nitrogen and oxygen atoms in total. The van der Waals surface area contributed by atoms with Crippen LogP contribution in [-0.2, 0) is 16.1 Å². The minimum atomic E-state index is -0.296. The SMILES string of the molecule is COCCN1C[C@@H](CN(C)Cc2n[nH]c(=O)[nH]2)CC1=O. The minimum absolute atomic E-state index is 0.189. The van der Waals surface area contributed by atoms with E-state index in [1.165, 1.54) is 0 Å². The van der Waals surface area contributed by atoms with Crippen molar-refractivity contribution in [3.63, 3.8) is 0 Å². The number of nitrogens with zero attached hydrogens (tertiary/aromatic N) is 3. The molecule has 112 valence electrons. The fraction of sp³-hybridized carbons (Fsp3) is 0.750. The van der Waals surface area contributed by atoms with Crippen molar-refractivity contribution in [3.8, 4) is 0 Å². The van der Waals surface area contributed by atoms with Crippen LogP contribution in [0.2, 0.25) is 0 Å². The van der Waals surface area contributed by atoms with Gasteiger partial charge in [-0.1, -0.05) is 0 Å². The summed E-state index contributed by atoms with van der Waals surface area (Å²) >= 11 is 0. The van der Waals surface area contributed by atoms with Crippen molar-refractivity contribution in [1.29, 1.82) is 0 Å². The van der Waals surface area contributed by atoms with E-state index >= 15 is 0 Å². The maximum absolute atomic E-state index is 11.8. The van der Waals surface area contributed by atoms with Gasteiger partial charge in [0.05, 0.1) is 13.2 Å². The lowest BCUT2D eigenvalue weighted by Crippen LogP contribution is -2.31. The van der Waals surface area contributed by atoms with E-state index in [9.17, 15) is 9.59 Å². The normalized spacial score (nSPS) is 19.2. The van der Waals surface area contributed by atoms with Crippen molar-refractivity contribution in [2.24, 2.45) is 5.92 Å². The first-order valence-electron chi connectivity index (χ1n) is 6.67. The number of nitrogens with one attached hydrogen (secondary N) is 2. The summed E-state index contributed by atoms with van der Waals surface area (Å²) in [6.07, 6.45) is 0.575. The third-order valence-electron chi connectivity index (χ3n) is 3.40. The topological polar surface area (TPSA) is 94.3 Å². The first-order chi connectivity index (χ1) is 9.58. The largest absolute Gasteiger partial charge is 0.383 e. The zero-order valence-corrected chi connectivity index (χ0v) is 11.9. The van der Waals surface area contributed by atoms with Crippen LogP contribution in [0.15, 0.2) is 4.79 Å². The maximum Gasteiger partial charge on any atom is 0.340 e. The van der Waals surface area contributed by atoms with Crippen molar-refractivity contribution < 1.29 is 9.53 Å². The molecule has 0 saturated carbocycles. The number of H-pyrrole nitrogens is 2. The second kappa shape index (κ2) is 6.67. The summed E-state index contributed by atoms with van der Waals surface area (Å²) in [5.41, 5.74) is -0.296. The van der Waals surface area contributed by atoms with Crippen LogP contribution in [0.25, 0.3) is 0 Å². The molecule has 2 heterocycles. The van der Waals surface area contributed by atoms with Gasteiger partial charge in [0, 0.05) is 33.2 Å². The summed E-state index contributed by atoms with van der Waals surface area (Å²) in [4.78, 5) is 29.3. The number of aromatic amines is 2. The summed E-state index contributed by atoms with van der Waals surface area (Å²) in [5.74, 6) is 1.11. The van der Waals surface area contributed by atoms with E-state index < -0.39 is 0 Å². The highest BCUT2D eigenvalue weighted by Gasteiger charge is 2.29. The van der Waals surface area contributed by atoms with Gasteiger partial charge in [-0.25, -0.2) is 9.89 Å². The average Bonchev–Trinajstić information content (AvgIpc) is 2.93. The summed E-state index contributed by atoms with van der Waals surface area (Å²) in [6, 6.07) is 0. The van der Waals surface area contributed by atoms with Crippen LogP contribution in [0, 0.1) is 5.92 Å². The molecule has 0 aromatic carbocycles. The molecule has 8 heteroatoms. The predicted molar refractivity (Wildman–Crippen MR) is 72.1 cm³/mol. The molecule has 0 unspecified atom stereocenters. The van der Waals surface area contributed by atoms with E-state index in [2.05, 4.69) is 20.1 Å². The number of aromatic nitrogens is 3. The van der Waals surface area contributed by atoms with Crippen LogP contribution in [0.1, 0.15) is 12.2 Å². The molecule has 1 atom stereocenters. The van der Waals surface area contributed by atoms with Gasteiger partial charge in [0.2, 0.25) is 5.91 Å². The Morgan fingerprint density at radius 2 is 2.30 bits per heavy atom. The van der Waals surface area contributed by atoms with Gasteiger partial charge < -0.3 is 9.64 Å². The molecule has 1 aliphatic rings. The minimum Gasteiger partial charge on any atom is -0.383 e. The standard InChI is InChI=1S/C12H21N5O3/c1-16(8-10-13-12(19)15-14-10)6-9-5-11(18)17(7-9)3-4-20-2/h9H,3-8H2,1-2H3,(H2,13,14,15,19)/t9-/m1/s1. The number of carbonyl (C=O) groups is 1. The Balaban J connectivity index is 1.79. The molecule has 20 heavy (non-hydrogen) atoms. The molecule has 1 aliphatic heterocycles. The van der Waals surface area contributed by atoms with Gasteiger partial charge in [-0.05, 0) is 13.0 Å². The monoisotopic (exact) mass is 283 g/mol. The van der Waals surface area contributed by atoms with Crippen LogP contribution in [0.5, 0.6) is 0 Å². The molecule has 1 amide bonds. The van der Waals surface area contributed by atoms with Crippen LogP contribution in [0.3, 0.4) is 0 Å². The van der Waals surface area contributed by atoms with Crippen LogP contribution in [0.4, 0.5) is 0 Å². The van der Waals surface area contributed by atoms with Crippen molar-refractivity contribution in [3.05, 3.63) is 16.3 Å². The number of likely N-dealkylation sites (tertiary alicyclic amines) is 1. The molecular weight excluding hydrogens is 262 g/mol. The van der Waals surface area contributed by atoms with E-state index in [0.717, 1.165) is 13.1 Å². The predicted octanol–water partition coefficient (Wildman–Crippen LogP) is -0.975. The molecule has 2 N–H and O–H groups in total. The van der Waals surface area contributed by atoms with E-state index in [1.54, 1.807) is 7.11 Å². The molecule has 0 spiro atoms. The Morgan fingerprint density at radius 1 is 1.50 bits per heavy atom. The van der Waals surface area contributed by atoms with Crippen LogP contribution in [-0.4, -0.2) is 71.3 Å². The van der Waals surface area contributed by atoms with E-state index in [4.69, 9.17) is 4.74 Å². The number of amides is 1. The first-order valence-corrected chi connectivity index (χ1v) is 6.67. The van der Waals surface area contributed by atoms with Gasteiger partial charge in [0.25, 0.3) is 0 Å². The molecule has 2 rings (SSSR count). The number of rotatable bonds is 7. The third kappa shape index (κ3) is 3.91. The van der Waals surface area contributed by atoms with Gasteiger partial charge in [0.15, 0.2) is 0 Å². The molecular formula is C12H21N5O3. The van der Waals surface area contributed by atoms with Crippen molar-refractivity contribution >= 4 is 5.91 Å². The van der Waals surface area contributed by atoms with Crippen molar-refractivity contribution in [2.45, 2.75) is 13.0 Å². The highest BCUT2D eigenvalue weighted by atomic mass is 16.5. The molecule has 0 radical (unpaired) electrons. The summed E-state index contributed by atoms with van der Waals surface area (Å²) < 4.78 is 5.00. The second-order valence-electron chi connectivity index (χ2n) is 5.22. The van der Waals surface area contributed by atoms with Gasteiger partial charge >= 0.3 is 5.69 Å². The number of ether oxygens (including phenoxy) is 1. The molecule has 1 aromatic heterocycles. The Hall–Kier alpha value is -1.67. The Bertz CT molecular complexity index is 497. The van der Waals surface area contributed by atoms with Gasteiger partial charge in [-0.3, -0.25) is 14.7 Å². The Labute approximate surface area is 117 Å². The molecule has 1 saturated heterocycles. The van der Waals surface area contributed by atoms with Crippen molar-refractivity contribution in [2.75, 3.05) is 40.4 Å². The zero-order valence-electron chi connectivity index (χ0n) is 11.9. The molecule has 1 fully saturated rings. The first kappa shape index (κ1) is 14.7. The Morgan fingerprint density at radius 3 is 2.95 bits per heavy atom. The fourth-order valence-corrected chi connectivity index (χ4v) is 2.53. The van der Waals surface area contributed by atoms with E-state index in [-0.39, 0.29) is 11.6 Å². The number of hydrogen-bond donors (Lipinski definition) is 2. The summed E-state index contributed by atoms with van der Waals surface area (Å²) in [6.45, 7) is 3.35. The smallest absolute Gasteiger partial charge is 0.340 e. The number of methoxy groups -OCH3 is 1.